The largest absolute Gasteiger partial charge is 0.334 e. The number of hydrogen-bond acceptors (Lipinski definition) is 4. The lowest BCUT2D eigenvalue weighted by Crippen LogP contribution is -2.30. The van der Waals surface area contributed by atoms with Crippen molar-refractivity contribution in [2.75, 3.05) is 6.54 Å². The zero-order valence-corrected chi connectivity index (χ0v) is 17.2. The number of benzene rings is 2. The van der Waals surface area contributed by atoms with E-state index in [1.165, 1.54) is 12.1 Å². The van der Waals surface area contributed by atoms with E-state index in [0.29, 0.717) is 18.7 Å². The summed E-state index contributed by atoms with van der Waals surface area (Å²) in [6.07, 6.45) is 0. The number of amides is 1. The minimum absolute atomic E-state index is 0.0847. The van der Waals surface area contributed by atoms with Gasteiger partial charge in [0.05, 0.1) is 11.4 Å². The van der Waals surface area contributed by atoms with Crippen LogP contribution in [0, 0.1) is 0 Å². The van der Waals surface area contributed by atoms with Crippen LogP contribution in [0.4, 0.5) is 0 Å². The van der Waals surface area contributed by atoms with Gasteiger partial charge in [0.2, 0.25) is 10.0 Å². The number of rotatable bonds is 8. The smallest absolute Gasteiger partial charge is 0.254 e. The molecule has 0 unspecified atom stereocenters. The molecule has 28 heavy (non-hydrogen) atoms. The molecule has 0 aliphatic carbocycles. The predicted molar refractivity (Wildman–Crippen MR) is 112 cm³/mol. The summed E-state index contributed by atoms with van der Waals surface area (Å²) < 4.78 is 27.9. The van der Waals surface area contributed by atoms with Gasteiger partial charge in [0.1, 0.15) is 0 Å². The standard InChI is InChI=1S/C21H22N2O3S2/c1-2-23(16-19-11-7-13-27-19)21(24)18-10-6-12-20(14-18)28(25,26)22-15-17-8-4-3-5-9-17/h3-14,22H,2,15-16H2,1H3. The van der Waals surface area contributed by atoms with E-state index in [1.807, 2.05) is 54.8 Å². The van der Waals surface area contributed by atoms with Crippen LogP contribution in [0.25, 0.3) is 0 Å². The van der Waals surface area contributed by atoms with Gasteiger partial charge in [-0.3, -0.25) is 4.79 Å². The SMILES string of the molecule is CCN(Cc1cccs1)C(=O)c1cccc(S(=O)(=O)NCc2ccccc2)c1. The molecule has 1 aromatic heterocycles. The van der Waals surface area contributed by atoms with E-state index >= 15 is 0 Å². The summed E-state index contributed by atoms with van der Waals surface area (Å²) in [4.78, 5) is 15.8. The van der Waals surface area contributed by atoms with Crippen molar-refractivity contribution in [1.82, 2.24) is 9.62 Å². The fourth-order valence-electron chi connectivity index (χ4n) is 2.75. The van der Waals surface area contributed by atoms with Gasteiger partial charge in [-0.25, -0.2) is 13.1 Å². The minimum atomic E-state index is -3.72. The van der Waals surface area contributed by atoms with Crippen LogP contribution in [0.3, 0.4) is 0 Å². The first-order chi connectivity index (χ1) is 13.5. The van der Waals surface area contributed by atoms with Gasteiger partial charge in [0.15, 0.2) is 0 Å². The van der Waals surface area contributed by atoms with Crippen LogP contribution in [-0.2, 0) is 23.1 Å². The Balaban J connectivity index is 1.75. The number of nitrogens with zero attached hydrogens (tertiary/aromatic N) is 1. The number of carbonyl (C=O) groups excluding carboxylic acids is 1. The van der Waals surface area contributed by atoms with Crippen molar-refractivity contribution in [2.45, 2.75) is 24.9 Å². The molecule has 1 amide bonds. The lowest BCUT2D eigenvalue weighted by Gasteiger charge is -2.20. The van der Waals surface area contributed by atoms with Crippen LogP contribution in [0.5, 0.6) is 0 Å². The summed E-state index contributed by atoms with van der Waals surface area (Å²) in [5.74, 6) is -0.184. The van der Waals surface area contributed by atoms with E-state index in [0.717, 1.165) is 10.4 Å². The Labute approximate surface area is 169 Å². The van der Waals surface area contributed by atoms with Gasteiger partial charge in [-0.05, 0) is 42.1 Å². The fraction of sp³-hybridized carbons (Fsp3) is 0.190. The molecule has 0 atom stereocenters. The summed E-state index contributed by atoms with van der Waals surface area (Å²) in [5, 5.41) is 1.97. The maximum absolute atomic E-state index is 12.9. The summed E-state index contributed by atoms with van der Waals surface area (Å²) in [7, 11) is -3.72. The third-order valence-corrected chi connectivity index (χ3v) is 6.56. The Hall–Kier alpha value is -2.48. The lowest BCUT2D eigenvalue weighted by molar-refractivity contribution is 0.0754. The monoisotopic (exact) mass is 414 g/mol. The summed E-state index contributed by atoms with van der Waals surface area (Å²) in [5.41, 5.74) is 1.23. The Kier molecular flexibility index (Phi) is 6.61. The Bertz CT molecular complexity index is 1020. The number of thiophene rings is 1. The molecule has 3 rings (SSSR count). The Morgan fingerprint density at radius 3 is 2.50 bits per heavy atom. The number of nitrogens with one attached hydrogen (secondary N) is 1. The van der Waals surface area contributed by atoms with Gasteiger partial charge in [-0.1, -0.05) is 42.5 Å². The molecule has 0 saturated heterocycles. The van der Waals surface area contributed by atoms with Crippen molar-refractivity contribution >= 4 is 27.3 Å². The van der Waals surface area contributed by atoms with E-state index in [9.17, 15) is 13.2 Å². The maximum atomic E-state index is 12.9. The molecule has 2 aromatic carbocycles. The third-order valence-electron chi connectivity index (χ3n) is 4.30. The number of hydrogen-bond donors (Lipinski definition) is 1. The van der Waals surface area contributed by atoms with Crippen molar-refractivity contribution in [1.29, 1.82) is 0 Å². The highest BCUT2D eigenvalue weighted by Gasteiger charge is 2.19. The van der Waals surface area contributed by atoms with E-state index < -0.39 is 10.0 Å². The minimum Gasteiger partial charge on any atom is -0.334 e. The molecule has 146 valence electrons. The van der Waals surface area contributed by atoms with Crippen molar-refractivity contribution in [3.8, 4) is 0 Å². The highest BCUT2D eigenvalue weighted by molar-refractivity contribution is 7.89. The van der Waals surface area contributed by atoms with Crippen LogP contribution < -0.4 is 4.72 Å². The van der Waals surface area contributed by atoms with E-state index in [4.69, 9.17) is 0 Å². The van der Waals surface area contributed by atoms with Crippen LogP contribution in [-0.4, -0.2) is 25.8 Å². The van der Waals surface area contributed by atoms with Crippen molar-refractivity contribution in [2.24, 2.45) is 0 Å². The first-order valence-electron chi connectivity index (χ1n) is 8.95. The molecular formula is C21H22N2O3S2. The van der Waals surface area contributed by atoms with Crippen molar-refractivity contribution < 1.29 is 13.2 Å². The van der Waals surface area contributed by atoms with Crippen LogP contribution in [0.2, 0.25) is 0 Å². The van der Waals surface area contributed by atoms with Gasteiger partial charge in [-0.2, -0.15) is 0 Å². The van der Waals surface area contributed by atoms with Crippen LogP contribution in [0.1, 0.15) is 27.7 Å². The van der Waals surface area contributed by atoms with E-state index in [2.05, 4.69) is 4.72 Å². The highest BCUT2D eigenvalue weighted by Crippen LogP contribution is 2.17. The number of sulfonamides is 1. The predicted octanol–water partition coefficient (Wildman–Crippen LogP) is 3.89. The van der Waals surface area contributed by atoms with Gasteiger partial charge >= 0.3 is 0 Å². The lowest BCUT2D eigenvalue weighted by atomic mass is 10.2. The zero-order chi connectivity index (χ0) is 20.0. The van der Waals surface area contributed by atoms with Gasteiger partial charge in [-0.15, -0.1) is 11.3 Å². The van der Waals surface area contributed by atoms with Crippen molar-refractivity contribution in [3.05, 3.63) is 88.1 Å². The molecule has 3 aromatic rings. The molecule has 1 N–H and O–H groups in total. The summed E-state index contributed by atoms with van der Waals surface area (Å²) in [6, 6.07) is 19.4. The first-order valence-corrected chi connectivity index (χ1v) is 11.3. The maximum Gasteiger partial charge on any atom is 0.254 e. The topological polar surface area (TPSA) is 66.5 Å². The van der Waals surface area contributed by atoms with E-state index in [-0.39, 0.29) is 17.3 Å². The first kappa shape index (κ1) is 20.3. The average molecular weight is 415 g/mol. The highest BCUT2D eigenvalue weighted by atomic mass is 32.2. The van der Waals surface area contributed by atoms with Gasteiger partial charge in [0.25, 0.3) is 5.91 Å². The second-order valence-electron chi connectivity index (χ2n) is 6.24. The molecule has 0 saturated carbocycles. The Morgan fingerprint density at radius 1 is 1.04 bits per heavy atom. The molecule has 7 heteroatoms. The molecular weight excluding hydrogens is 392 g/mol. The van der Waals surface area contributed by atoms with Crippen molar-refractivity contribution in [3.63, 3.8) is 0 Å². The molecule has 0 bridgehead atoms. The quantitative estimate of drug-likeness (QED) is 0.608. The molecule has 5 nitrogen and oxygen atoms in total. The molecule has 0 spiro atoms. The Morgan fingerprint density at radius 2 is 1.82 bits per heavy atom. The third kappa shape index (κ3) is 5.07. The normalized spacial score (nSPS) is 11.3. The molecule has 0 radical (unpaired) electrons. The fourth-order valence-corrected chi connectivity index (χ4v) is 4.54. The molecule has 0 fully saturated rings. The molecule has 1 heterocycles. The average Bonchev–Trinajstić information content (AvgIpc) is 3.24. The van der Waals surface area contributed by atoms with Crippen LogP contribution in [0.15, 0.2) is 77.0 Å². The zero-order valence-electron chi connectivity index (χ0n) is 15.5. The second kappa shape index (κ2) is 9.14. The summed E-state index contributed by atoms with van der Waals surface area (Å²) in [6.45, 7) is 3.16. The molecule has 0 aliphatic heterocycles. The second-order valence-corrected chi connectivity index (χ2v) is 9.04. The number of carbonyl (C=O) groups is 1. The van der Waals surface area contributed by atoms with Gasteiger partial charge in [0, 0.05) is 23.5 Å². The van der Waals surface area contributed by atoms with E-state index in [1.54, 1.807) is 28.4 Å². The van der Waals surface area contributed by atoms with Gasteiger partial charge < -0.3 is 4.90 Å². The van der Waals surface area contributed by atoms with Crippen LogP contribution >= 0.6 is 11.3 Å². The summed E-state index contributed by atoms with van der Waals surface area (Å²) >= 11 is 1.59. The molecule has 0 aliphatic rings.